The van der Waals surface area contributed by atoms with Crippen molar-refractivity contribution in [3.8, 4) is 28.4 Å². The van der Waals surface area contributed by atoms with E-state index in [1.54, 1.807) is 6.07 Å². The van der Waals surface area contributed by atoms with Gasteiger partial charge in [-0.05, 0) is 24.3 Å². The first-order valence-electron chi connectivity index (χ1n) is 6.25. The average molecular weight is 408 g/mol. The summed E-state index contributed by atoms with van der Waals surface area (Å²) in [7, 11) is 0. The molecule has 0 radical (unpaired) electrons. The van der Waals surface area contributed by atoms with E-state index in [0.717, 1.165) is 0 Å². The second-order valence-corrected chi connectivity index (χ2v) is 4.42. The molecule has 3 rings (SSSR count). The molecule has 0 atom stereocenters. The number of hydrogen-bond acceptors (Lipinski definition) is 7. The first kappa shape index (κ1) is 22.6. The van der Waals surface area contributed by atoms with Crippen LogP contribution in [-0.4, -0.2) is 25.0 Å². The first-order valence-corrected chi connectivity index (χ1v) is 6.25. The lowest BCUT2D eigenvalue weighted by Crippen LogP contribution is -1.99. The molecular weight excluding hydrogens is 394 g/mol. The summed E-state index contributed by atoms with van der Waals surface area (Å²) in [6.45, 7) is 0. The van der Waals surface area contributed by atoms with E-state index < -0.39 is 5.82 Å². The second kappa shape index (κ2) is 9.16. The Bertz CT molecular complexity index is 868. The number of nitrogens with two attached hydrogens (primary N) is 2. The van der Waals surface area contributed by atoms with Crippen LogP contribution in [0.5, 0.6) is 5.75 Å². The van der Waals surface area contributed by atoms with E-state index in [0.29, 0.717) is 5.69 Å². The molecule has 0 aromatic carbocycles. The highest BCUT2D eigenvalue weighted by Gasteiger charge is 2.14. The van der Waals surface area contributed by atoms with Crippen LogP contribution in [0.25, 0.3) is 22.6 Å². The zero-order valence-electron chi connectivity index (χ0n) is 12.5. The summed E-state index contributed by atoms with van der Waals surface area (Å²) >= 11 is 0. The van der Waals surface area contributed by atoms with Crippen LogP contribution in [-0.2, 0) is 0 Å². The molecule has 5 N–H and O–H groups in total. The maximum Gasteiger partial charge on any atom is 0.220 e. The van der Waals surface area contributed by atoms with Gasteiger partial charge in [-0.2, -0.15) is 0 Å². The maximum atomic E-state index is 14.1. The number of aromatic hydroxyl groups is 1. The van der Waals surface area contributed by atoms with Crippen molar-refractivity contribution >= 4 is 49.0 Å². The third-order valence-electron chi connectivity index (χ3n) is 2.98. The SMILES string of the molecule is Cl.Cl.Cl.Nc1nccc(-c2nc(-c3ccnc(N)c3F)ccc2O)n1. The van der Waals surface area contributed by atoms with Crippen LogP contribution in [0.1, 0.15) is 0 Å². The fourth-order valence-electron chi connectivity index (χ4n) is 1.95. The fourth-order valence-corrected chi connectivity index (χ4v) is 1.95. The molecule has 0 aliphatic heterocycles. The Balaban J connectivity index is 0.00000192. The topological polar surface area (TPSA) is 124 Å². The highest BCUT2D eigenvalue weighted by Crippen LogP contribution is 2.30. The van der Waals surface area contributed by atoms with E-state index >= 15 is 0 Å². The lowest BCUT2D eigenvalue weighted by atomic mass is 10.1. The minimum Gasteiger partial charge on any atom is -0.506 e. The van der Waals surface area contributed by atoms with Gasteiger partial charge in [-0.25, -0.2) is 24.3 Å². The number of halogens is 4. The van der Waals surface area contributed by atoms with Gasteiger partial charge in [0, 0.05) is 18.0 Å². The van der Waals surface area contributed by atoms with E-state index in [1.807, 2.05) is 0 Å². The number of anilines is 2. The van der Waals surface area contributed by atoms with Crippen molar-refractivity contribution in [3.05, 3.63) is 42.5 Å². The zero-order chi connectivity index (χ0) is 15.7. The molecule has 0 bridgehead atoms. The molecule has 7 nitrogen and oxygen atoms in total. The minimum absolute atomic E-state index is 0. The first-order chi connectivity index (χ1) is 10.6. The molecule has 11 heteroatoms. The maximum absolute atomic E-state index is 14.1. The van der Waals surface area contributed by atoms with Gasteiger partial charge in [0.1, 0.15) is 11.4 Å². The molecule has 3 aromatic heterocycles. The van der Waals surface area contributed by atoms with Crippen molar-refractivity contribution in [2.45, 2.75) is 0 Å². The van der Waals surface area contributed by atoms with E-state index in [9.17, 15) is 9.50 Å². The summed E-state index contributed by atoms with van der Waals surface area (Å²) in [5.74, 6) is -0.957. The third kappa shape index (κ3) is 4.56. The molecule has 0 saturated carbocycles. The molecule has 0 spiro atoms. The Morgan fingerprint density at radius 3 is 2.20 bits per heavy atom. The van der Waals surface area contributed by atoms with E-state index in [2.05, 4.69) is 19.9 Å². The van der Waals surface area contributed by atoms with Crippen molar-refractivity contribution < 1.29 is 9.50 Å². The van der Waals surface area contributed by atoms with Gasteiger partial charge in [-0.15, -0.1) is 37.2 Å². The highest BCUT2D eigenvalue weighted by molar-refractivity contribution is 5.86. The van der Waals surface area contributed by atoms with Gasteiger partial charge in [-0.1, -0.05) is 0 Å². The van der Waals surface area contributed by atoms with Gasteiger partial charge in [0.05, 0.1) is 11.4 Å². The molecule has 3 heterocycles. The van der Waals surface area contributed by atoms with Crippen LogP contribution in [0.15, 0.2) is 36.7 Å². The zero-order valence-corrected chi connectivity index (χ0v) is 14.9. The molecule has 0 fully saturated rings. The summed E-state index contributed by atoms with van der Waals surface area (Å²) in [5.41, 5.74) is 11.9. The van der Waals surface area contributed by atoms with Crippen LogP contribution in [0, 0.1) is 5.82 Å². The van der Waals surface area contributed by atoms with E-state index in [4.69, 9.17) is 11.5 Å². The lowest BCUT2D eigenvalue weighted by Gasteiger charge is -2.08. The standard InChI is InChI=1S/C14H11FN6O.3ClH/c15-11-7(3-5-18-13(11)16)8-1-2-10(22)12(20-8)9-4-6-19-14(17)21-9;;;/h1-6,22H,(H2,16,18)(H2,17,19,21);3*1H. The van der Waals surface area contributed by atoms with Crippen LogP contribution in [0.2, 0.25) is 0 Å². The molecule has 134 valence electrons. The number of hydrogen-bond donors (Lipinski definition) is 3. The van der Waals surface area contributed by atoms with Gasteiger partial charge < -0.3 is 16.6 Å². The molecule has 0 amide bonds. The summed E-state index contributed by atoms with van der Waals surface area (Å²) in [5, 5.41) is 9.96. The van der Waals surface area contributed by atoms with Crippen LogP contribution >= 0.6 is 37.2 Å². The predicted octanol–water partition coefficient (Wildman–Crippen LogP) is 2.88. The third-order valence-corrected chi connectivity index (χ3v) is 2.98. The van der Waals surface area contributed by atoms with Crippen molar-refractivity contribution in [2.24, 2.45) is 0 Å². The quantitative estimate of drug-likeness (QED) is 0.596. The van der Waals surface area contributed by atoms with Crippen molar-refractivity contribution in [1.29, 1.82) is 0 Å². The van der Waals surface area contributed by atoms with Gasteiger partial charge in [0.25, 0.3) is 0 Å². The molecule has 0 aliphatic rings. The fraction of sp³-hybridized carbons (Fsp3) is 0. The number of pyridine rings is 2. The Labute approximate surface area is 161 Å². The van der Waals surface area contributed by atoms with Crippen molar-refractivity contribution in [3.63, 3.8) is 0 Å². The molecule has 0 unspecified atom stereocenters. The van der Waals surface area contributed by atoms with Gasteiger partial charge in [0.2, 0.25) is 5.95 Å². The molecule has 0 aliphatic carbocycles. The molecule has 25 heavy (non-hydrogen) atoms. The Morgan fingerprint density at radius 2 is 1.52 bits per heavy atom. The molecule has 0 saturated heterocycles. The minimum atomic E-state index is -0.672. The van der Waals surface area contributed by atoms with Crippen LogP contribution in [0.3, 0.4) is 0 Å². The van der Waals surface area contributed by atoms with Gasteiger partial charge >= 0.3 is 0 Å². The molecule has 3 aromatic rings. The summed E-state index contributed by atoms with van der Waals surface area (Å²) in [4.78, 5) is 15.7. The lowest BCUT2D eigenvalue weighted by molar-refractivity contribution is 0.475. The van der Waals surface area contributed by atoms with Crippen molar-refractivity contribution in [2.75, 3.05) is 11.5 Å². The highest BCUT2D eigenvalue weighted by atomic mass is 35.5. The van der Waals surface area contributed by atoms with Gasteiger partial charge in [-0.3, -0.25) is 0 Å². The van der Waals surface area contributed by atoms with Crippen LogP contribution < -0.4 is 11.5 Å². The summed E-state index contributed by atoms with van der Waals surface area (Å²) in [6.07, 6.45) is 2.82. The van der Waals surface area contributed by atoms with E-state index in [1.165, 1.54) is 30.6 Å². The number of rotatable bonds is 2. The second-order valence-electron chi connectivity index (χ2n) is 4.42. The van der Waals surface area contributed by atoms with Gasteiger partial charge in [0.15, 0.2) is 11.6 Å². The summed E-state index contributed by atoms with van der Waals surface area (Å²) < 4.78 is 14.1. The Hall–Kier alpha value is -2.42. The monoisotopic (exact) mass is 406 g/mol. The smallest absolute Gasteiger partial charge is 0.220 e. The number of nitrogens with zero attached hydrogens (tertiary/aromatic N) is 4. The average Bonchev–Trinajstić information content (AvgIpc) is 2.51. The van der Waals surface area contributed by atoms with Crippen molar-refractivity contribution in [1.82, 2.24) is 19.9 Å². The molecular formula is C14H14Cl3FN6O. The van der Waals surface area contributed by atoms with Crippen LogP contribution in [0.4, 0.5) is 16.2 Å². The predicted molar refractivity (Wildman–Crippen MR) is 101 cm³/mol. The number of aromatic nitrogens is 4. The largest absolute Gasteiger partial charge is 0.506 e. The normalized spacial score (nSPS) is 9.32. The Morgan fingerprint density at radius 1 is 0.840 bits per heavy atom. The Kier molecular flexibility index (Phi) is 8.28. The van der Waals surface area contributed by atoms with E-state index in [-0.39, 0.29) is 71.7 Å². The summed E-state index contributed by atoms with van der Waals surface area (Å²) in [6, 6.07) is 5.86. The number of nitrogen functional groups attached to an aromatic ring is 2.